The summed E-state index contributed by atoms with van der Waals surface area (Å²) in [6.07, 6.45) is 1.07. The molecular weight excluding hydrogens is 244 g/mol. The van der Waals surface area contributed by atoms with Gasteiger partial charge in [-0.25, -0.2) is 4.79 Å². The average Bonchev–Trinajstić information content (AvgIpc) is 2.98. The lowest BCUT2D eigenvalue weighted by atomic mass is 10.1. The summed E-state index contributed by atoms with van der Waals surface area (Å²) in [5, 5.41) is 16.1. The summed E-state index contributed by atoms with van der Waals surface area (Å²) >= 11 is 6.02. The highest BCUT2D eigenvalue weighted by Gasteiger charge is 2.29. The highest BCUT2D eigenvalue weighted by atomic mass is 35.5. The van der Waals surface area contributed by atoms with Crippen molar-refractivity contribution >= 4 is 34.4 Å². The molecule has 0 aliphatic heterocycles. The summed E-state index contributed by atoms with van der Waals surface area (Å²) in [7, 11) is 0. The van der Waals surface area contributed by atoms with E-state index >= 15 is 0 Å². The van der Waals surface area contributed by atoms with E-state index in [4.69, 9.17) is 21.2 Å². The van der Waals surface area contributed by atoms with Gasteiger partial charge in [0.25, 0.3) is 0 Å². The van der Waals surface area contributed by atoms with Gasteiger partial charge < -0.3 is 9.63 Å². The lowest BCUT2D eigenvalue weighted by molar-refractivity contribution is 0.210. The lowest BCUT2D eigenvalue weighted by Gasteiger charge is -2.01. The minimum absolute atomic E-state index is 0.366. The minimum Gasteiger partial charge on any atom is -0.465 e. The van der Waals surface area contributed by atoms with Crippen LogP contribution in [0.3, 0.4) is 0 Å². The van der Waals surface area contributed by atoms with Crippen LogP contribution in [0.5, 0.6) is 0 Å². The number of halogens is 1. The number of aromatic nitrogens is 1. The third-order valence-corrected chi connectivity index (χ3v) is 3.05. The van der Waals surface area contributed by atoms with E-state index in [2.05, 4.69) is 10.5 Å². The fourth-order valence-corrected chi connectivity index (χ4v) is 2.12. The monoisotopic (exact) mass is 252 g/mol. The molecule has 17 heavy (non-hydrogen) atoms. The molecule has 0 atom stereocenters. The topological polar surface area (TPSA) is 75.4 Å². The first kappa shape index (κ1) is 10.4. The predicted octanol–water partition coefficient (Wildman–Crippen LogP) is 3.45. The van der Waals surface area contributed by atoms with E-state index in [0.717, 1.165) is 23.9 Å². The molecule has 1 aromatic heterocycles. The van der Waals surface area contributed by atoms with E-state index in [1.54, 1.807) is 6.07 Å². The highest BCUT2D eigenvalue weighted by Crippen LogP contribution is 2.44. The van der Waals surface area contributed by atoms with Gasteiger partial charge in [-0.1, -0.05) is 16.8 Å². The van der Waals surface area contributed by atoms with E-state index in [1.165, 1.54) is 6.07 Å². The standard InChI is InChI=1S/C11H9ClN2O3/c12-8-4-6(13-11(15)16)3-7-9(5-1-2-5)14-17-10(7)8/h3-5,13H,1-2H2,(H,15,16). The molecule has 0 unspecified atom stereocenters. The van der Waals surface area contributed by atoms with Gasteiger partial charge in [0, 0.05) is 17.0 Å². The third-order valence-electron chi connectivity index (χ3n) is 2.77. The van der Waals surface area contributed by atoms with Gasteiger partial charge in [0.15, 0.2) is 5.58 Å². The zero-order valence-corrected chi connectivity index (χ0v) is 9.49. The number of anilines is 1. The van der Waals surface area contributed by atoms with Crippen LogP contribution in [0, 0.1) is 0 Å². The maximum absolute atomic E-state index is 10.6. The Morgan fingerprint density at radius 1 is 1.53 bits per heavy atom. The van der Waals surface area contributed by atoms with Gasteiger partial charge in [-0.2, -0.15) is 0 Å². The Hall–Kier alpha value is -1.75. The smallest absolute Gasteiger partial charge is 0.409 e. The molecule has 1 aliphatic rings. The normalized spacial score (nSPS) is 15.1. The molecule has 0 spiro atoms. The molecule has 88 valence electrons. The molecule has 0 radical (unpaired) electrons. The minimum atomic E-state index is -1.12. The number of carbonyl (C=O) groups is 1. The fourth-order valence-electron chi connectivity index (χ4n) is 1.87. The van der Waals surface area contributed by atoms with Crippen LogP contribution < -0.4 is 5.32 Å². The molecule has 1 aromatic carbocycles. The Labute approximate surface area is 101 Å². The Kier molecular flexibility index (Phi) is 2.22. The summed E-state index contributed by atoms with van der Waals surface area (Å²) in [6.45, 7) is 0. The molecule has 6 heteroatoms. The van der Waals surface area contributed by atoms with Gasteiger partial charge in [0.05, 0.1) is 10.7 Å². The second kappa shape index (κ2) is 3.63. The van der Waals surface area contributed by atoms with E-state index in [0.29, 0.717) is 22.2 Å². The van der Waals surface area contributed by atoms with Crippen LogP contribution in [0.1, 0.15) is 24.5 Å². The van der Waals surface area contributed by atoms with Crippen LogP contribution in [0.25, 0.3) is 11.0 Å². The van der Waals surface area contributed by atoms with Crippen molar-refractivity contribution in [2.75, 3.05) is 5.32 Å². The lowest BCUT2D eigenvalue weighted by Crippen LogP contribution is -2.06. The predicted molar refractivity (Wildman–Crippen MR) is 62.6 cm³/mol. The largest absolute Gasteiger partial charge is 0.465 e. The number of hydrogen-bond acceptors (Lipinski definition) is 3. The summed E-state index contributed by atoms with van der Waals surface area (Å²) in [4.78, 5) is 10.6. The van der Waals surface area contributed by atoms with Crippen molar-refractivity contribution < 1.29 is 14.4 Å². The zero-order chi connectivity index (χ0) is 12.0. The first-order valence-electron chi connectivity index (χ1n) is 5.24. The number of nitrogens with one attached hydrogen (secondary N) is 1. The van der Waals surface area contributed by atoms with Crippen LogP contribution in [-0.4, -0.2) is 16.4 Å². The van der Waals surface area contributed by atoms with Crippen LogP contribution in [0.2, 0.25) is 5.02 Å². The fraction of sp³-hybridized carbons (Fsp3) is 0.273. The van der Waals surface area contributed by atoms with Crippen molar-refractivity contribution in [1.29, 1.82) is 0 Å². The van der Waals surface area contributed by atoms with E-state index < -0.39 is 6.09 Å². The third kappa shape index (κ3) is 1.82. The number of amides is 1. The molecule has 0 saturated heterocycles. The molecule has 3 rings (SSSR count). The highest BCUT2D eigenvalue weighted by molar-refractivity contribution is 6.35. The Bertz CT molecular complexity index is 604. The maximum atomic E-state index is 10.6. The number of benzene rings is 1. The molecule has 2 aromatic rings. The van der Waals surface area contributed by atoms with Gasteiger partial charge in [-0.3, -0.25) is 5.32 Å². The second-order valence-corrected chi connectivity index (χ2v) is 4.51. The van der Waals surface area contributed by atoms with Crippen LogP contribution in [-0.2, 0) is 0 Å². The van der Waals surface area contributed by atoms with Crippen molar-refractivity contribution in [3.63, 3.8) is 0 Å². The molecule has 1 aliphatic carbocycles. The van der Waals surface area contributed by atoms with Gasteiger partial charge >= 0.3 is 6.09 Å². The molecule has 1 amide bonds. The molecule has 1 fully saturated rings. The quantitative estimate of drug-likeness (QED) is 0.858. The Balaban J connectivity index is 2.14. The van der Waals surface area contributed by atoms with E-state index in [1.807, 2.05) is 0 Å². The van der Waals surface area contributed by atoms with Gasteiger partial charge in [0.2, 0.25) is 0 Å². The molecule has 1 saturated carbocycles. The number of carboxylic acid groups (broad SMARTS) is 1. The maximum Gasteiger partial charge on any atom is 0.409 e. The van der Waals surface area contributed by atoms with Crippen molar-refractivity contribution in [3.05, 3.63) is 22.8 Å². The van der Waals surface area contributed by atoms with Gasteiger partial charge in [-0.15, -0.1) is 0 Å². The van der Waals surface area contributed by atoms with Crippen molar-refractivity contribution in [2.24, 2.45) is 0 Å². The second-order valence-electron chi connectivity index (χ2n) is 4.11. The van der Waals surface area contributed by atoms with Crippen molar-refractivity contribution in [2.45, 2.75) is 18.8 Å². The number of hydrogen-bond donors (Lipinski definition) is 2. The van der Waals surface area contributed by atoms with Crippen LogP contribution in [0.15, 0.2) is 16.7 Å². The van der Waals surface area contributed by atoms with Crippen molar-refractivity contribution in [3.8, 4) is 0 Å². The molecule has 1 heterocycles. The van der Waals surface area contributed by atoms with Crippen LogP contribution >= 0.6 is 11.6 Å². The van der Waals surface area contributed by atoms with Crippen LogP contribution in [0.4, 0.5) is 10.5 Å². The summed E-state index contributed by atoms with van der Waals surface area (Å²) in [5.74, 6) is 0.424. The molecular formula is C11H9ClN2O3. The Morgan fingerprint density at radius 2 is 2.29 bits per heavy atom. The number of nitrogens with zero attached hydrogens (tertiary/aromatic N) is 1. The van der Waals surface area contributed by atoms with E-state index in [-0.39, 0.29) is 0 Å². The first-order chi connectivity index (χ1) is 8.15. The summed E-state index contributed by atoms with van der Waals surface area (Å²) in [5.41, 5.74) is 1.82. The van der Waals surface area contributed by atoms with Gasteiger partial charge in [-0.05, 0) is 25.0 Å². The summed E-state index contributed by atoms with van der Waals surface area (Å²) < 4.78 is 5.18. The average molecular weight is 253 g/mol. The molecule has 5 nitrogen and oxygen atoms in total. The van der Waals surface area contributed by atoms with Crippen molar-refractivity contribution in [1.82, 2.24) is 5.16 Å². The first-order valence-corrected chi connectivity index (χ1v) is 5.61. The summed E-state index contributed by atoms with van der Waals surface area (Å²) in [6, 6.07) is 3.22. The Morgan fingerprint density at radius 3 is 2.94 bits per heavy atom. The molecule has 0 bridgehead atoms. The number of rotatable bonds is 2. The molecule has 2 N–H and O–H groups in total. The van der Waals surface area contributed by atoms with Gasteiger partial charge in [0.1, 0.15) is 0 Å². The number of fused-ring (bicyclic) bond motifs is 1. The van der Waals surface area contributed by atoms with E-state index in [9.17, 15) is 4.79 Å². The zero-order valence-electron chi connectivity index (χ0n) is 8.74. The SMILES string of the molecule is O=C(O)Nc1cc(Cl)c2onc(C3CC3)c2c1.